The topological polar surface area (TPSA) is 66.5 Å². The minimum atomic E-state index is 0.618. The van der Waals surface area contributed by atoms with Crippen molar-refractivity contribution in [2.45, 2.75) is 26.2 Å². The van der Waals surface area contributed by atoms with E-state index < -0.39 is 0 Å². The lowest BCUT2D eigenvalue weighted by atomic mass is 10.00. The lowest BCUT2D eigenvalue weighted by Gasteiger charge is -2.12. The predicted molar refractivity (Wildman–Crippen MR) is 50.2 cm³/mol. The zero-order valence-corrected chi connectivity index (χ0v) is 8.25. The monoisotopic (exact) mass is 183 g/mol. The molecule has 1 atom stereocenters. The smallest absolute Gasteiger partial charge is 0.174 e. The van der Waals surface area contributed by atoms with Crippen molar-refractivity contribution in [1.82, 2.24) is 25.9 Å². The molecule has 1 heterocycles. The van der Waals surface area contributed by atoms with Gasteiger partial charge in [0.05, 0.1) is 0 Å². The van der Waals surface area contributed by atoms with E-state index in [1.807, 2.05) is 7.05 Å². The fraction of sp³-hybridized carbons (Fsp3) is 0.875. The van der Waals surface area contributed by atoms with Crippen molar-refractivity contribution in [2.24, 2.45) is 5.92 Å². The molecule has 13 heavy (non-hydrogen) atoms. The molecule has 0 radical (unpaired) electrons. The van der Waals surface area contributed by atoms with E-state index in [0.717, 1.165) is 18.8 Å². The minimum Gasteiger partial charge on any atom is -0.319 e. The number of nitrogens with zero attached hydrogens (tertiary/aromatic N) is 3. The number of nitrogens with one attached hydrogen (secondary N) is 2. The van der Waals surface area contributed by atoms with Gasteiger partial charge in [-0.25, -0.2) is 0 Å². The summed E-state index contributed by atoms with van der Waals surface area (Å²) in [6.45, 7) is 3.21. The molecule has 0 aliphatic rings. The maximum absolute atomic E-state index is 3.95. The largest absolute Gasteiger partial charge is 0.319 e. The van der Waals surface area contributed by atoms with Crippen molar-refractivity contribution in [3.05, 3.63) is 5.82 Å². The van der Waals surface area contributed by atoms with Gasteiger partial charge < -0.3 is 5.32 Å². The van der Waals surface area contributed by atoms with Gasteiger partial charge >= 0.3 is 0 Å². The minimum absolute atomic E-state index is 0.618. The molecule has 0 saturated heterocycles. The van der Waals surface area contributed by atoms with Gasteiger partial charge in [-0.2, -0.15) is 5.21 Å². The third kappa shape index (κ3) is 3.50. The average molecular weight is 183 g/mol. The van der Waals surface area contributed by atoms with E-state index in [1.54, 1.807) is 0 Å². The van der Waals surface area contributed by atoms with Crippen LogP contribution in [0.25, 0.3) is 0 Å². The van der Waals surface area contributed by atoms with Crippen molar-refractivity contribution in [2.75, 3.05) is 13.6 Å². The Labute approximate surface area is 78.3 Å². The number of aromatic nitrogens is 4. The second-order valence-corrected chi connectivity index (χ2v) is 3.24. The van der Waals surface area contributed by atoms with Crippen LogP contribution in [0, 0.1) is 5.92 Å². The highest BCUT2D eigenvalue weighted by atomic mass is 15.5. The summed E-state index contributed by atoms with van der Waals surface area (Å²) < 4.78 is 0. The number of hydrogen-bond acceptors (Lipinski definition) is 4. The average Bonchev–Trinajstić information content (AvgIpc) is 2.58. The molecule has 5 nitrogen and oxygen atoms in total. The Bertz CT molecular complexity index is 202. The molecule has 0 saturated carbocycles. The molecule has 1 rings (SSSR count). The molecule has 0 amide bonds. The van der Waals surface area contributed by atoms with E-state index in [2.05, 4.69) is 32.9 Å². The Morgan fingerprint density at radius 2 is 2.38 bits per heavy atom. The maximum atomic E-state index is 3.95. The summed E-state index contributed by atoms with van der Waals surface area (Å²) in [4.78, 5) is 0. The second kappa shape index (κ2) is 5.64. The summed E-state index contributed by atoms with van der Waals surface area (Å²) in [5.41, 5.74) is 0. The van der Waals surface area contributed by atoms with Crippen LogP contribution >= 0.6 is 0 Å². The summed E-state index contributed by atoms with van der Waals surface area (Å²) >= 11 is 0. The standard InChI is InChI=1S/C8H17N5/c1-3-4-7(6-9-2)5-8-10-12-13-11-8/h7,9H,3-6H2,1-2H3,(H,10,11,12,13). The summed E-state index contributed by atoms with van der Waals surface area (Å²) in [7, 11) is 1.97. The predicted octanol–water partition coefficient (Wildman–Crippen LogP) is 0.378. The van der Waals surface area contributed by atoms with Crippen LogP contribution in [0.15, 0.2) is 0 Å². The number of tetrazole rings is 1. The molecule has 1 aromatic rings. The van der Waals surface area contributed by atoms with Crippen molar-refractivity contribution in [1.29, 1.82) is 0 Å². The third-order valence-corrected chi connectivity index (χ3v) is 2.05. The molecule has 1 unspecified atom stereocenters. The molecular formula is C8H17N5. The highest BCUT2D eigenvalue weighted by Gasteiger charge is 2.10. The van der Waals surface area contributed by atoms with Gasteiger partial charge in [-0.3, -0.25) is 0 Å². The fourth-order valence-corrected chi connectivity index (χ4v) is 1.50. The SMILES string of the molecule is CCCC(CNC)Cc1nn[nH]n1. The molecule has 74 valence electrons. The molecule has 0 aromatic carbocycles. The number of hydrogen-bond donors (Lipinski definition) is 2. The van der Waals surface area contributed by atoms with Crippen LogP contribution in [0.4, 0.5) is 0 Å². The fourth-order valence-electron chi connectivity index (χ4n) is 1.50. The first-order valence-electron chi connectivity index (χ1n) is 4.73. The summed E-state index contributed by atoms with van der Waals surface area (Å²) in [5, 5.41) is 17.1. The van der Waals surface area contributed by atoms with Crippen LogP contribution in [0.5, 0.6) is 0 Å². The Morgan fingerprint density at radius 3 is 2.92 bits per heavy atom. The summed E-state index contributed by atoms with van der Waals surface area (Å²) in [6, 6.07) is 0. The zero-order chi connectivity index (χ0) is 9.52. The normalized spacial score (nSPS) is 13.1. The van der Waals surface area contributed by atoms with E-state index in [9.17, 15) is 0 Å². The molecule has 0 aliphatic carbocycles. The van der Waals surface area contributed by atoms with Crippen molar-refractivity contribution < 1.29 is 0 Å². The first kappa shape index (κ1) is 10.1. The lowest BCUT2D eigenvalue weighted by Crippen LogP contribution is -2.21. The Hall–Kier alpha value is -0.970. The summed E-state index contributed by atoms with van der Waals surface area (Å²) in [6.07, 6.45) is 3.31. The molecule has 0 bridgehead atoms. The van der Waals surface area contributed by atoms with Crippen LogP contribution in [-0.2, 0) is 6.42 Å². The molecule has 1 aromatic heterocycles. The summed E-state index contributed by atoms with van der Waals surface area (Å²) in [5.74, 6) is 1.43. The van der Waals surface area contributed by atoms with Gasteiger partial charge in [-0.1, -0.05) is 18.6 Å². The number of H-pyrrole nitrogens is 1. The Balaban J connectivity index is 2.37. The second-order valence-electron chi connectivity index (χ2n) is 3.24. The molecule has 0 fully saturated rings. The van der Waals surface area contributed by atoms with Gasteiger partial charge in [-0.05, 0) is 25.9 Å². The first-order chi connectivity index (χ1) is 6.36. The van der Waals surface area contributed by atoms with Crippen LogP contribution < -0.4 is 5.32 Å². The highest BCUT2D eigenvalue weighted by Crippen LogP contribution is 2.09. The molecule has 5 heteroatoms. The Morgan fingerprint density at radius 1 is 1.54 bits per heavy atom. The third-order valence-electron chi connectivity index (χ3n) is 2.05. The lowest BCUT2D eigenvalue weighted by molar-refractivity contribution is 0.447. The van der Waals surface area contributed by atoms with Crippen LogP contribution in [0.2, 0.25) is 0 Å². The van der Waals surface area contributed by atoms with E-state index in [0.29, 0.717) is 5.92 Å². The van der Waals surface area contributed by atoms with Crippen molar-refractivity contribution in [3.63, 3.8) is 0 Å². The quantitative estimate of drug-likeness (QED) is 0.669. The van der Waals surface area contributed by atoms with E-state index in [4.69, 9.17) is 0 Å². The molecule has 0 aliphatic heterocycles. The molecule has 0 spiro atoms. The van der Waals surface area contributed by atoms with E-state index in [1.165, 1.54) is 12.8 Å². The van der Waals surface area contributed by atoms with Gasteiger partial charge in [0.2, 0.25) is 0 Å². The molecular weight excluding hydrogens is 166 g/mol. The zero-order valence-electron chi connectivity index (χ0n) is 8.25. The Kier molecular flexibility index (Phi) is 4.39. The highest BCUT2D eigenvalue weighted by molar-refractivity contribution is 4.80. The van der Waals surface area contributed by atoms with Crippen LogP contribution in [-0.4, -0.2) is 34.2 Å². The van der Waals surface area contributed by atoms with Crippen molar-refractivity contribution in [3.8, 4) is 0 Å². The number of rotatable bonds is 6. The number of aromatic amines is 1. The maximum Gasteiger partial charge on any atom is 0.174 e. The van der Waals surface area contributed by atoms with Gasteiger partial charge in [0.15, 0.2) is 5.82 Å². The van der Waals surface area contributed by atoms with E-state index >= 15 is 0 Å². The van der Waals surface area contributed by atoms with Crippen LogP contribution in [0.1, 0.15) is 25.6 Å². The van der Waals surface area contributed by atoms with Crippen LogP contribution in [0.3, 0.4) is 0 Å². The first-order valence-corrected chi connectivity index (χ1v) is 4.73. The van der Waals surface area contributed by atoms with E-state index in [-0.39, 0.29) is 0 Å². The van der Waals surface area contributed by atoms with Crippen molar-refractivity contribution >= 4 is 0 Å². The van der Waals surface area contributed by atoms with Gasteiger partial charge in [0.25, 0.3) is 0 Å². The van der Waals surface area contributed by atoms with Gasteiger partial charge in [-0.15, -0.1) is 10.2 Å². The van der Waals surface area contributed by atoms with Gasteiger partial charge in [0.1, 0.15) is 0 Å². The van der Waals surface area contributed by atoms with Gasteiger partial charge in [0, 0.05) is 6.42 Å². The molecule has 2 N–H and O–H groups in total.